The number of pyridine rings is 2. The zero-order valence-corrected chi connectivity index (χ0v) is 15.3. The van der Waals surface area contributed by atoms with Crippen LogP contribution >= 0.6 is 11.6 Å². The Morgan fingerprint density at radius 1 is 0.929 bits per heavy atom. The van der Waals surface area contributed by atoms with Crippen LogP contribution in [-0.4, -0.2) is 15.0 Å². The number of hydrogen-bond acceptors (Lipinski definition) is 3. The summed E-state index contributed by atoms with van der Waals surface area (Å²) in [6.45, 7) is 0. The van der Waals surface area contributed by atoms with Crippen molar-refractivity contribution in [2.24, 2.45) is 0 Å². The summed E-state index contributed by atoms with van der Waals surface area (Å²) in [5.74, 6) is -0.0180. The van der Waals surface area contributed by atoms with E-state index in [0.29, 0.717) is 32.9 Å². The second kappa shape index (κ2) is 6.32. The van der Waals surface area contributed by atoms with Gasteiger partial charge in [-0.15, -0.1) is 0 Å². The Hall–Kier alpha value is -3.44. The van der Waals surface area contributed by atoms with E-state index in [1.165, 1.54) is 18.3 Å². The van der Waals surface area contributed by atoms with Crippen molar-refractivity contribution in [1.82, 2.24) is 15.0 Å². The first-order valence-electron chi connectivity index (χ1n) is 8.68. The molecule has 0 amide bonds. The van der Waals surface area contributed by atoms with Gasteiger partial charge in [0.25, 0.3) is 0 Å². The summed E-state index contributed by atoms with van der Waals surface area (Å²) in [4.78, 5) is 12.1. The van der Waals surface area contributed by atoms with Gasteiger partial charge in [-0.3, -0.25) is 4.98 Å². The molecule has 0 saturated heterocycles. The zero-order valence-electron chi connectivity index (χ0n) is 14.6. The molecule has 0 aliphatic carbocycles. The third kappa shape index (κ3) is 2.68. The van der Waals surface area contributed by atoms with Gasteiger partial charge in [0.2, 0.25) is 0 Å². The van der Waals surface area contributed by atoms with E-state index in [4.69, 9.17) is 17.3 Å². The molecule has 0 radical (unpaired) electrons. The van der Waals surface area contributed by atoms with Gasteiger partial charge >= 0.3 is 0 Å². The van der Waals surface area contributed by atoms with E-state index >= 15 is 0 Å². The largest absolute Gasteiger partial charge is 0.383 e. The third-order valence-corrected chi connectivity index (χ3v) is 5.16. The second-order valence-electron chi connectivity index (χ2n) is 6.57. The number of benzene rings is 2. The number of nitrogens with zero attached hydrogens (tertiary/aromatic N) is 2. The molecule has 4 nitrogen and oxygen atoms in total. The molecule has 2 aromatic carbocycles. The Bertz CT molecular complexity index is 1330. The molecular formula is C22H14ClFN4. The molecule has 0 aliphatic rings. The molecule has 0 spiro atoms. The van der Waals surface area contributed by atoms with Crippen LogP contribution in [0.25, 0.3) is 44.2 Å². The number of halogens is 2. The van der Waals surface area contributed by atoms with Gasteiger partial charge in [-0.2, -0.15) is 0 Å². The summed E-state index contributed by atoms with van der Waals surface area (Å²) in [6.07, 6.45) is 3.19. The lowest BCUT2D eigenvalue weighted by atomic mass is 10.1. The smallest absolute Gasteiger partial charge is 0.132 e. The first-order chi connectivity index (χ1) is 13.6. The first-order valence-corrected chi connectivity index (χ1v) is 9.06. The summed E-state index contributed by atoms with van der Waals surface area (Å²) in [7, 11) is 0. The van der Waals surface area contributed by atoms with Gasteiger partial charge in [-0.1, -0.05) is 29.8 Å². The predicted octanol–water partition coefficient (Wildman–Crippen LogP) is 5.82. The monoisotopic (exact) mass is 388 g/mol. The molecule has 0 bridgehead atoms. The summed E-state index contributed by atoms with van der Waals surface area (Å²) in [5.41, 5.74) is 10.2. The van der Waals surface area contributed by atoms with Crippen LogP contribution in [0, 0.1) is 5.82 Å². The summed E-state index contributed by atoms with van der Waals surface area (Å²) in [5, 5.41) is 2.52. The lowest BCUT2D eigenvalue weighted by Crippen LogP contribution is -1.97. The Kier molecular flexibility index (Phi) is 3.77. The first kappa shape index (κ1) is 16.7. The fraction of sp³-hybridized carbons (Fsp3) is 0. The maximum absolute atomic E-state index is 14.0. The highest BCUT2D eigenvalue weighted by molar-refractivity contribution is 6.35. The summed E-state index contributed by atoms with van der Waals surface area (Å²) < 4.78 is 14.0. The van der Waals surface area contributed by atoms with Crippen molar-refractivity contribution < 1.29 is 4.39 Å². The standard InChI is InChI=1S/C22H14ClFN4/c23-17-5-6-18(24)16-11-26-21(9-14(16)17)15-7-13(10-27-22(15)25)20-8-12-3-1-2-4-19(12)28-20/h1-11,28H,(H2,25,27). The normalized spacial score (nSPS) is 11.4. The third-order valence-electron chi connectivity index (χ3n) is 4.83. The maximum atomic E-state index is 14.0. The Morgan fingerprint density at radius 3 is 2.64 bits per heavy atom. The van der Waals surface area contributed by atoms with Gasteiger partial charge in [0, 0.05) is 55.9 Å². The number of hydrogen-bond donors (Lipinski definition) is 2. The number of aromatic amines is 1. The number of H-pyrrole nitrogens is 1. The predicted molar refractivity (Wildman–Crippen MR) is 112 cm³/mol. The molecular weight excluding hydrogens is 375 g/mol. The molecule has 136 valence electrons. The van der Waals surface area contributed by atoms with Gasteiger partial charge in [-0.05, 0) is 36.4 Å². The van der Waals surface area contributed by atoms with Gasteiger partial charge in [0.05, 0.1) is 5.69 Å². The minimum absolute atomic E-state index is 0.347. The van der Waals surface area contributed by atoms with E-state index in [2.05, 4.69) is 21.0 Å². The second-order valence-corrected chi connectivity index (χ2v) is 6.98. The van der Waals surface area contributed by atoms with Gasteiger partial charge in [0.1, 0.15) is 11.6 Å². The molecule has 3 heterocycles. The van der Waals surface area contributed by atoms with E-state index in [1.807, 2.05) is 30.3 Å². The topological polar surface area (TPSA) is 67.6 Å². The van der Waals surface area contributed by atoms with E-state index < -0.39 is 0 Å². The summed E-state index contributed by atoms with van der Waals surface area (Å²) >= 11 is 6.25. The number of rotatable bonds is 2. The van der Waals surface area contributed by atoms with Gasteiger partial charge in [-0.25, -0.2) is 9.37 Å². The molecule has 3 N–H and O–H groups in total. The highest BCUT2D eigenvalue weighted by Gasteiger charge is 2.13. The Morgan fingerprint density at radius 2 is 1.79 bits per heavy atom. The highest BCUT2D eigenvalue weighted by Crippen LogP contribution is 2.33. The van der Waals surface area contributed by atoms with E-state index in [-0.39, 0.29) is 5.82 Å². The SMILES string of the molecule is Nc1ncc(-c2cc3ccccc3[nH]2)cc1-c1cc2c(Cl)ccc(F)c2cn1. The fourth-order valence-corrected chi connectivity index (χ4v) is 3.59. The number of nitrogens with two attached hydrogens (primary N) is 1. The van der Waals surface area contributed by atoms with Crippen molar-refractivity contribution in [3.8, 4) is 22.5 Å². The number of aromatic nitrogens is 3. The van der Waals surface area contributed by atoms with Crippen molar-refractivity contribution in [3.63, 3.8) is 0 Å². The van der Waals surface area contributed by atoms with Gasteiger partial charge in [0.15, 0.2) is 0 Å². The van der Waals surface area contributed by atoms with Crippen molar-refractivity contribution in [2.75, 3.05) is 5.73 Å². The zero-order chi connectivity index (χ0) is 19.3. The van der Waals surface area contributed by atoms with Crippen molar-refractivity contribution in [1.29, 1.82) is 0 Å². The summed E-state index contributed by atoms with van der Waals surface area (Å²) in [6, 6.07) is 16.6. The lowest BCUT2D eigenvalue weighted by Gasteiger charge is -2.09. The molecule has 6 heteroatoms. The molecule has 0 fully saturated rings. The fourth-order valence-electron chi connectivity index (χ4n) is 3.37. The lowest BCUT2D eigenvalue weighted by molar-refractivity contribution is 0.639. The molecule has 0 atom stereocenters. The molecule has 0 aliphatic heterocycles. The van der Waals surface area contributed by atoms with Crippen LogP contribution in [-0.2, 0) is 0 Å². The number of fused-ring (bicyclic) bond motifs is 2. The van der Waals surface area contributed by atoms with Crippen LogP contribution < -0.4 is 5.73 Å². The maximum Gasteiger partial charge on any atom is 0.132 e. The molecule has 28 heavy (non-hydrogen) atoms. The van der Waals surface area contributed by atoms with Crippen molar-refractivity contribution >= 4 is 39.1 Å². The Labute approximate surface area is 164 Å². The minimum atomic E-state index is -0.364. The molecule has 0 unspecified atom stereocenters. The number of nitrogen functional groups attached to an aromatic ring is 1. The highest BCUT2D eigenvalue weighted by atomic mass is 35.5. The van der Waals surface area contributed by atoms with Crippen LogP contribution in [0.5, 0.6) is 0 Å². The van der Waals surface area contributed by atoms with E-state index in [9.17, 15) is 4.39 Å². The number of nitrogens with one attached hydrogen (secondary N) is 1. The van der Waals surface area contributed by atoms with Gasteiger partial charge < -0.3 is 10.7 Å². The minimum Gasteiger partial charge on any atom is -0.383 e. The van der Waals surface area contributed by atoms with Crippen molar-refractivity contribution in [3.05, 3.63) is 77.8 Å². The number of para-hydroxylation sites is 1. The van der Waals surface area contributed by atoms with Crippen molar-refractivity contribution in [2.45, 2.75) is 0 Å². The van der Waals surface area contributed by atoms with Crippen LogP contribution in [0.4, 0.5) is 10.2 Å². The number of anilines is 1. The van der Waals surface area contributed by atoms with Crippen LogP contribution in [0.2, 0.25) is 5.02 Å². The quantitative estimate of drug-likeness (QED) is 0.400. The van der Waals surface area contributed by atoms with Crippen LogP contribution in [0.3, 0.4) is 0 Å². The molecule has 5 aromatic rings. The average Bonchev–Trinajstić information content (AvgIpc) is 3.15. The molecule has 0 saturated carbocycles. The van der Waals surface area contributed by atoms with Crippen LogP contribution in [0.15, 0.2) is 67.0 Å². The molecule has 3 aromatic heterocycles. The van der Waals surface area contributed by atoms with Crippen LogP contribution in [0.1, 0.15) is 0 Å². The average molecular weight is 389 g/mol. The Balaban J connectivity index is 1.67. The molecule has 5 rings (SSSR count). The van der Waals surface area contributed by atoms with E-state index in [1.54, 1.807) is 12.3 Å². The van der Waals surface area contributed by atoms with E-state index in [0.717, 1.165) is 22.2 Å².